The van der Waals surface area contributed by atoms with Crippen LogP contribution >= 0.6 is 0 Å². The van der Waals surface area contributed by atoms with Crippen molar-refractivity contribution in [3.8, 4) is 0 Å². The van der Waals surface area contributed by atoms with Crippen molar-refractivity contribution in [2.45, 2.75) is 101 Å². The van der Waals surface area contributed by atoms with Gasteiger partial charge in [0.05, 0.1) is 11.4 Å². The van der Waals surface area contributed by atoms with Crippen LogP contribution in [0.25, 0.3) is 32.3 Å². The maximum atomic E-state index is 2.59. The van der Waals surface area contributed by atoms with Crippen LogP contribution in [0.2, 0.25) is 0 Å². The molecule has 2 aliphatic carbocycles. The molecular weight excluding hydrogens is 677 g/mol. The third kappa shape index (κ3) is 6.36. The molecule has 2 aliphatic rings. The Morgan fingerprint density at radius 2 is 1.04 bits per heavy atom. The molecule has 0 aromatic heterocycles. The molecule has 0 radical (unpaired) electrons. The highest BCUT2D eigenvalue weighted by molar-refractivity contribution is 6.29. The van der Waals surface area contributed by atoms with Gasteiger partial charge >= 0.3 is 0 Å². The Bertz CT molecular complexity index is 2620. The van der Waals surface area contributed by atoms with Crippen LogP contribution < -0.4 is 9.80 Å². The summed E-state index contributed by atoms with van der Waals surface area (Å²) in [5.41, 5.74) is 17.1. The van der Waals surface area contributed by atoms with Crippen LogP contribution in [0.4, 0.5) is 22.7 Å². The normalized spacial score (nSPS) is 18.7. The molecule has 3 unspecified atom stereocenters. The van der Waals surface area contributed by atoms with Crippen molar-refractivity contribution in [1.82, 2.24) is 0 Å². The van der Waals surface area contributed by atoms with Gasteiger partial charge in [-0.2, -0.15) is 0 Å². The number of aryl methyl sites for hydroxylation is 4. The van der Waals surface area contributed by atoms with Crippen LogP contribution in [-0.4, -0.2) is 0 Å². The largest absolute Gasteiger partial charge is 0.314 e. The minimum absolute atomic E-state index is 0.342. The molecule has 0 amide bonds. The van der Waals surface area contributed by atoms with Crippen molar-refractivity contribution < 1.29 is 0 Å². The summed E-state index contributed by atoms with van der Waals surface area (Å²) in [6.07, 6.45) is 13.0. The van der Waals surface area contributed by atoms with Gasteiger partial charge in [0.15, 0.2) is 0 Å². The predicted molar refractivity (Wildman–Crippen MR) is 246 cm³/mol. The zero-order chi connectivity index (χ0) is 39.7. The zero-order valence-corrected chi connectivity index (χ0v) is 35.8. The highest BCUT2D eigenvalue weighted by atomic mass is 15.2. The highest BCUT2D eigenvalue weighted by Gasteiger charge is 2.28. The average Bonchev–Trinajstić information content (AvgIpc) is 3.16. The standard InChI is InChI=1S/C54H60N2/c1-31(2)49-29-51(55(41-17-13-33(5)37(9)25-41)42-18-14-34(6)38(10)26-42)47-24-22-46-50(32(3)4)30-52(48-23-21-45(49)53(47)54(46)48)56(43-19-15-35(7)39(11)27-43)44-20-16-36(8)40(12)28-44/h13-27,29-33,37,40H,28H2,1-12H3. The first-order valence-corrected chi connectivity index (χ1v) is 21.0. The van der Waals surface area contributed by atoms with Crippen molar-refractivity contribution in [2.75, 3.05) is 9.80 Å². The molecule has 0 heterocycles. The van der Waals surface area contributed by atoms with Crippen LogP contribution in [0, 0.1) is 45.4 Å². The van der Waals surface area contributed by atoms with Crippen molar-refractivity contribution in [2.24, 2.45) is 17.8 Å². The van der Waals surface area contributed by atoms with Gasteiger partial charge in [0.2, 0.25) is 0 Å². The summed E-state index contributed by atoms with van der Waals surface area (Å²) in [4.78, 5) is 5.15. The van der Waals surface area contributed by atoms with Crippen molar-refractivity contribution in [3.63, 3.8) is 0 Å². The first-order chi connectivity index (χ1) is 26.7. The molecule has 0 N–H and O–H groups in total. The molecule has 0 bridgehead atoms. The van der Waals surface area contributed by atoms with Gasteiger partial charge in [-0.25, -0.2) is 0 Å². The van der Waals surface area contributed by atoms with Crippen molar-refractivity contribution in [1.29, 1.82) is 0 Å². The Hall–Kier alpha value is -5.08. The molecule has 6 aromatic carbocycles. The minimum atomic E-state index is 0.342. The summed E-state index contributed by atoms with van der Waals surface area (Å²) in [6, 6.07) is 28.8. The van der Waals surface area contributed by atoms with Gasteiger partial charge in [0.25, 0.3) is 0 Å². The van der Waals surface area contributed by atoms with Crippen LogP contribution in [0.5, 0.6) is 0 Å². The maximum Gasteiger partial charge on any atom is 0.0543 e. The molecule has 0 saturated carbocycles. The second-order valence-corrected chi connectivity index (χ2v) is 17.9. The lowest BCUT2D eigenvalue weighted by Gasteiger charge is -2.35. The third-order valence-electron chi connectivity index (χ3n) is 13.4. The number of nitrogens with zero attached hydrogens (tertiary/aromatic N) is 2. The minimum Gasteiger partial charge on any atom is -0.314 e. The summed E-state index contributed by atoms with van der Waals surface area (Å²) in [6.45, 7) is 27.7. The second kappa shape index (κ2) is 14.5. The summed E-state index contributed by atoms with van der Waals surface area (Å²) >= 11 is 0. The van der Waals surface area contributed by atoms with Gasteiger partial charge < -0.3 is 9.80 Å². The molecule has 0 aliphatic heterocycles. The van der Waals surface area contributed by atoms with E-state index in [2.05, 4.69) is 196 Å². The molecule has 2 nitrogen and oxygen atoms in total. The van der Waals surface area contributed by atoms with Crippen LogP contribution in [0.3, 0.4) is 0 Å². The Morgan fingerprint density at radius 1 is 0.536 bits per heavy atom. The Labute approximate surface area is 336 Å². The lowest BCUT2D eigenvalue weighted by Crippen LogP contribution is -2.21. The number of allylic oxidation sites excluding steroid dienone is 7. The molecule has 3 atom stereocenters. The SMILES string of the molecule is CC1=CC=C(N(c2ccc(C)c(C)c2)c2cc(C(C)C)c3ccc4c(N(C5=CC(C)C(C)C=C5)c5ccc(C)c(C)c5)cc(C(C)C)c5ccc2c3c54)CC1C. The molecule has 0 spiro atoms. The van der Waals surface area contributed by atoms with E-state index in [1.165, 1.54) is 105 Å². The fourth-order valence-corrected chi connectivity index (χ4v) is 9.10. The molecule has 286 valence electrons. The van der Waals surface area contributed by atoms with Crippen molar-refractivity contribution >= 4 is 55.1 Å². The van der Waals surface area contributed by atoms with E-state index in [4.69, 9.17) is 0 Å². The third-order valence-corrected chi connectivity index (χ3v) is 13.4. The number of hydrogen-bond donors (Lipinski definition) is 0. The van der Waals surface area contributed by atoms with Crippen LogP contribution in [-0.2, 0) is 0 Å². The number of rotatable bonds is 8. The zero-order valence-electron chi connectivity index (χ0n) is 35.8. The molecule has 6 aromatic rings. The van der Waals surface area contributed by atoms with Gasteiger partial charge in [-0.3, -0.25) is 0 Å². The average molecular weight is 737 g/mol. The second-order valence-electron chi connectivity index (χ2n) is 17.9. The van der Waals surface area contributed by atoms with Gasteiger partial charge in [-0.05, 0) is 174 Å². The summed E-state index contributed by atoms with van der Waals surface area (Å²) in [7, 11) is 0. The fraction of sp³-hybridized carbons (Fsp3) is 0.333. The smallest absolute Gasteiger partial charge is 0.0543 e. The lowest BCUT2D eigenvalue weighted by molar-refractivity contribution is 0.547. The quantitative estimate of drug-likeness (QED) is 0.144. The van der Waals surface area contributed by atoms with E-state index in [-0.39, 0.29) is 0 Å². The summed E-state index contributed by atoms with van der Waals surface area (Å²) in [5, 5.41) is 8.09. The molecule has 0 fully saturated rings. The van der Waals surface area contributed by atoms with Crippen molar-refractivity contribution in [3.05, 3.63) is 154 Å². The van der Waals surface area contributed by atoms with E-state index < -0.39 is 0 Å². The van der Waals surface area contributed by atoms with Gasteiger partial charge in [-0.15, -0.1) is 0 Å². The number of hydrogen-bond acceptors (Lipinski definition) is 2. The van der Waals surface area contributed by atoms with E-state index in [0.29, 0.717) is 29.6 Å². The maximum absolute atomic E-state index is 2.59. The Morgan fingerprint density at radius 3 is 1.52 bits per heavy atom. The molecule has 0 saturated heterocycles. The number of benzene rings is 6. The van der Waals surface area contributed by atoms with E-state index in [1.54, 1.807) is 0 Å². The highest BCUT2D eigenvalue weighted by Crippen LogP contribution is 2.51. The Balaban J connectivity index is 1.50. The van der Waals surface area contributed by atoms with E-state index in [0.717, 1.165) is 6.42 Å². The van der Waals surface area contributed by atoms with E-state index >= 15 is 0 Å². The molecular formula is C54H60N2. The molecule has 56 heavy (non-hydrogen) atoms. The topological polar surface area (TPSA) is 6.48 Å². The van der Waals surface area contributed by atoms with Crippen LogP contribution in [0.15, 0.2) is 120 Å². The monoisotopic (exact) mass is 736 g/mol. The summed E-state index contributed by atoms with van der Waals surface area (Å²) in [5.74, 6) is 2.11. The summed E-state index contributed by atoms with van der Waals surface area (Å²) < 4.78 is 0. The predicted octanol–water partition coefficient (Wildman–Crippen LogP) is 15.9. The fourth-order valence-electron chi connectivity index (χ4n) is 9.10. The van der Waals surface area contributed by atoms with E-state index in [9.17, 15) is 0 Å². The van der Waals surface area contributed by atoms with E-state index in [1.807, 2.05) is 0 Å². The first-order valence-electron chi connectivity index (χ1n) is 21.0. The Kier molecular flexibility index (Phi) is 9.76. The molecule has 8 rings (SSSR count). The van der Waals surface area contributed by atoms with Gasteiger partial charge in [-0.1, -0.05) is 109 Å². The number of anilines is 4. The van der Waals surface area contributed by atoms with Crippen LogP contribution in [0.1, 0.15) is 107 Å². The molecule has 2 heteroatoms. The van der Waals surface area contributed by atoms with Gasteiger partial charge in [0.1, 0.15) is 0 Å². The first kappa shape index (κ1) is 37.8. The van der Waals surface area contributed by atoms with Gasteiger partial charge in [0, 0.05) is 33.5 Å². The lowest BCUT2D eigenvalue weighted by atomic mass is 9.83.